The molecule has 1 heterocycles. The third-order valence-electron chi connectivity index (χ3n) is 3.47. The highest BCUT2D eigenvalue weighted by Gasteiger charge is 2.41. The molecule has 2 nitrogen and oxygen atoms in total. The first-order valence-electron chi connectivity index (χ1n) is 5.15. The minimum atomic E-state index is -0.0409. The average Bonchev–Trinajstić information content (AvgIpc) is 2.65. The molecule has 1 saturated heterocycles. The topological polar surface area (TPSA) is 23.5 Å². The van der Waals surface area contributed by atoms with Gasteiger partial charge in [0.1, 0.15) is 0 Å². The van der Waals surface area contributed by atoms with Gasteiger partial charge in [0.25, 0.3) is 0 Å². The summed E-state index contributed by atoms with van der Waals surface area (Å²) >= 11 is 0. The van der Waals surface area contributed by atoms with Crippen LogP contribution in [0, 0.1) is 24.2 Å². The zero-order valence-electron chi connectivity index (χ0n) is 7.95. The van der Waals surface area contributed by atoms with Gasteiger partial charge >= 0.3 is 0 Å². The number of aliphatic hydroxyl groups excluding tert-OH is 1. The highest BCUT2D eigenvalue weighted by molar-refractivity contribution is 4.95. The predicted molar refractivity (Wildman–Crippen MR) is 52.1 cm³/mol. The van der Waals surface area contributed by atoms with Crippen molar-refractivity contribution in [3.05, 3.63) is 0 Å². The molecule has 2 aliphatic rings. The molecule has 72 valence electrons. The molecule has 0 aromatic carbocycles. The van der Waals surface area contributed by atoms with Crippen LogP contribution in [0.4, 0.5) is 0 Å². The standard InChI is InChI=1S/C11H17NO/c1-2-3-6-12-7-9-4-5-11(13)10(9)8-12/h1,9-11,13H,3-8H2. The van der Waals surface area contributed by atoms with E-state index in [1.807, 2.05) is 0 Å². The number of terminal acetylenes is 1. The quantitative estimate of drug-likeness (QED) is 0.631. The van der Waals surface area contributed by atoms with E-state index in [0.29, 0.717) is 5.92 Å². The first kappa shape index (κ1) is 9.05. The van der Waals surface area contributed by atoms with Crippen molar-refractivity contribution in [1.82, 2.24) is 4.90 Å². The number of aliphatic hydroxyl groups is 1. The van der Waals surface area contributed by atoms with Gasteiger partial charge in [0.15, 0.2) is 0 Å². The van der Waals surface area contributed by atoms with E-state index >= 15 is 0 Å². The number of rotatable bonds is 2. The molecule has 1 aliphatic carbocycles. The van der Waals surface area contributed by atoms with E-state index in [-0.39, 0.29) is 6.10 Å². The summed E-state index contributed by atoms with van der Waals surface area (Å²) in [7, 11) is 0. The summed E-state index contributed by atoms with van der Waals surface area (Å²) in [5.74, 6) is 3.95. The highest BCUT2D eigenvalue weighted by Crippen LogP contribution is 2.37. The van der Waals surface area contributed by atoms with Crippen molar-refractivity contribution in [2.75, 3.05) is 19.6 Å². The van der Waals surface area contributed by atoms with Crippen LogP contribution in [0.5, 0.6) is 0 Å². The van der Waals surface area contributed by atoms with E-state index in [0.717, 1.165) is 38.4 Å². The summed E-state index contributed by atoms with van der Waals surface area (Å²) in [5.41, 5.74) is 0. The molecule has 1 aliphatic heterocycles. The lowest BCUT2D eigenvalue weighted by Crippen LogP contribution is -2.25. The normalized spacial score (nSPS) is 38.9. The largest absolute Gasteiger partial charge is 0.393 e. The molecule has 1 N–H and O–H groups in total. The van der Waals surface area contributed by atoms with Crippen molar-refractivity contribution in [3.63, 3.8) is 0 Å². The number of likely N-dealkylation sites (tertiary alicyclic amines) is 1. The van der Waals surface area contributed by atoms with Crippen molar-refractivity contribution in [3.8, 4) is 12.3 Å². The summed E-state index contributed by atoms with van der Waals surface area (Å²) < 4.78 is 0. The van der Waals surface area contributed by atoms with E-state index in [4.69, 9.17) is 6.42 Å². The van der Waals surface area contributed by atoms with Gasteiger partial charge in [0.05, 0.1) is 6.10 Å². The summed E-state index contributed by atoms with van der Waals surface area (Å²) in [6.07, 6.45) is 8.24. The van der Waals surface area contributed by atoms with Crippen molar-refractivity contribution < 1.29 is 5.11 Å². The van der Waals surface area contributed by atoms with Crippen molar-refractivity contribution in [2.45, 2.75) is 25.4 Å². The van der Waals surface area contributed by atoms with E-state index in [9.17, 15) is 5.11 Å². The molecule has 13 heavy (non-hydrogen) atoms. The van der Waals surface area contributed by atoms with Crippen LogP contribution in [0.15, 0.2) is 0 Å². The van der Waals surface area contributed by atoms with Crippen molar-refractivity contribution >= 4 is 0 Å². The van der Waals surface area contributed by atoms with Gasteiger partial charge < -0.3 is 10.0 Å². The fourth-order valence-electron chi connectivity index (χ4n) is 2.73. The van der Waals surface area contributed by atoms with Gasteiger partial charge in [0, 0.05) is 32.0 Å². The Hall–Kier alpha value is -0.520. The van der Waals surface area contributed by atoms with Gasteiger partial charge in [-0.15, -0.1) is 12.3 Å². The Balaban J connectivity index is 1.85. The summed E-state index contributed by atoms with van der Waals surface area (Å²) in [6, 6.07) is 0. The Morgan fingerprint density at radius 2 is 2.23 bits per heavy atom. The van der Waals surface area contributed by atoms with Gasteiger partial charge in [-0.1, -0.05) is 0 Å². The highest BCUT2D eigenvalue weighted by atomic mass is 16.3. The Morgan fingerprint density at radius 3 is 2.92 bits per heavy atom. The maximum absolute atomic E-state index is 9.68. The predicted octanol–water partition coefficient (Wildman–Crippen LogP) is 0.712. The van der Waals surface area contributed by atoms with Gasteiger partial charge in [0.2, 0.25) is 0 Å². The van der Waals surface area contributed by atoms with E-state index in [2.05, 4.69) is 10.8 Å². The molecule has 2 fully saturated rings. The number of hydrogen-bond donors (Lipinski definition) is 1. The molecular weight excluding hydrogens is 162 g/mol. The van der Waals surface area contributed by atoms with Crippen LogP contribution in [0.2, 0.25) is 0 Å². The van der Waals surface area contributed by atoms with Gasteiger partial charge in [-0.25, -0.2) is 0 Å². The smallest absolute Gasteiger partial charge is 0.0583 e. The molecule has 3 unspecified atom stereocenters. The number of hydrogen-bond acceptors (Lipinski definition) is 2. The van der Waals surface area contributed by atoms with Gasteiger partial charge in [-0.05, 0) is 18.8 Å². The minimum absolute atomic E-state index is 0.0409. The maximum atomic E-state index is 9.68. The van der Waals surface area contributed by atoms with Crippen LogP contribution in [-0.2, 0) is 0 Å². The molecule has 0 radical (unpaired) electrons. The molecule has 0 spiro atoms. The third-order valence-corrected chi connectivity index (χ3v) is 3.47. The average molecular weight is 179 g/mol. The van der Waals surface area contributed by atoms with Gasteiger partial charge in [-0.3, -0.25) is 0 Å². The summed E-state index contributed by atoms with van der Waals surface area (Å²) in [4.78, 5) is 2.40. The summed E-state index contributed by atoms with van der Waals surface area (Å²) in [6.45, 7) is 3.23. The third kappa shape index (κ3) is 1.72. The van der Waals surface area contributed by atoms with Crippen LogP contribution in [0.3, 0.4) is 0 Å². The van der Waals surface area contributed by atoms with Crippen LogP contribution >= 0.6 is 0 Å². The van der Waals surface area contributed by atoms with Crippen LogP contribution in [0.1, 0.15) is 19.3 Å². The second kappa shape index (κ2) is 3.69. The fourth-order valence-corrected chi connectivity index (χ4v) is 2.73. The monoisotopic (exact) mass is 179 g/mol. The Morgan fingerprint density at radius 1 is 1.38 bits per heavy atom. The molecule has 0 aromatic heterocycles. The van der Waals surface area contributed by atoms with E-state index in [1.165, 1.54) is 6.42 Å². The first-order chi connectivity index (χ1) is 6.31. The Labute approximate surface area is 79.9 Å². The van der Waals surface area contributed by atoms with E-state index in [1.54, 1.807) is 0 Å². The Bertz CT molecular complexity index is 221. The van der Waals surface area contributed by atoms with Crippen molar-refractivity contribution in [2.24, 2.45) is 11.8 Å². The van der Waals surface area contributed by atoms with Crippen molar-refractivity contribution in [1.29, 1.82) is 0 Å². The molecule has 1 saturated carbocycles. The zero-order valence-corrected chi connectivity index (χ0v) is 7.95. The van der Waals surface area contributed by atoms with Crippen LogP contribution < -0.4 is 0 Å². The molecule has 0 aromatic rings. The maximum Gasteiger partial charge on any atom is 0.0583 e. The van der Waals surface area contributed by atoms with Gasteiger partial charge in [-0.2, -0.15) is 0 Å². The lowest BCUT2D eigenvalue weighted by atomic mass is 10.00. The molecule has 2 rings (SSSR count). The molecular formula is C11H17NO. The SMILES string of the molecule is C#CCCN1CC2CCC(O)C2C1. The number of fused-ring (bicyclic) bond motifs is 1. The Kier molecular flexibility index (Phi) is 2.57. The second-order valence-electron chi connectivity index (χ2n) is 4.28. The minimum Gasteiger partial charge on any atom is -0.393 e. The van der Waals surface area contributed by atoms with Crippen LogP contribution in [-0.4, -0.2) is 35.7 Å². The summed E-state index contributed by atoms with van der Waals surface area (Å²) in [5, 5.41) is 9.68. The first-order valence-corrected chi connectivity index (χ1v) is 5.15. The fraction of sp³-hybridized carbons (Fsp3) is 0.818. The van der Waals surface area contributed by atoms with E-state index < -0.39 is 0 Å². The lowest BCUT2D eigenvalue weighted by molar-refractivity contribution is 0.124. The zero-order chi connectivity index (χ0) is 9.26. The van der Waals surface area contributed by atoms with Crippen LogP contribution in [0.25, 0.3) is 0 Å². The molecule has 0 amide bonds. The second-order valence-corrected chi connectivity index (χ2v) is 4.28. The molecule has 2 heteroatoms. The molecule has 3 atom stereocenters. The number of nitrogens with zero attached hydrogens (tertiary/aromatic N) is 1. The molecule has 0 bridgehead atoms. The lowest BCUT2D eigenvalue weighted by Gasteiger charge is -2.16.